The van der Waals surface area contributed by atoms with Gasteiger partial charge in [0, 0.05) is 12.3 Å². The molecule has 1 aliphatic carbocycles. The van der Waals surface area contributed by atoms with E-state index in [0.29, 0.717) is 17.1 Å². The van der Waals surface area contributed by atoms with Crippen LogP contribution in [-0.4, -0.2) is 25.8 Å². The summed E-state index contributed by atoms with van der Waals surface area (Å²) < 4.78 is 31.1. The molecule has 1 aromatic heterocycles. The Kier molecular flexibility index (Phi) is 3.47. The fourth-order valence-electron chi connectivity index (χ4n) is 1.65. The Morgan fingerprint density at radius 2 is 2.11 bits per heavy atom. The minimum absolute atomic E-state index is 0.122. The van der Waals surface area contributed by atoms with Gasteiger partial charge in [-0.25, -0.2) is 8.42 Å². The lowest BCUT2D eigenvalue weighted by Crippen LogP contribution is -2.14. The first kappa shape index (κ1) is 13.1. The van der Waals surface area contributed by atoms with Crippen LogP contribution in [0.25, 0.3) is 0 Å². The zero-order valence-corrected chi connectivity index (χ0v) is 11.6. The van der Waals surface area contributed by atoms with E-state index in [4.69, 9.17) is 4.74 Å². The fraction of sp³-hybridized carbons (Fsp3) is 0.583. The highest BCUT2D eigenvalue weighted by atomic mass is 32.2. The Labute approximate surface area is 108 Å². The summed E-state index contributed by atoms with van der Waals surface area (Å²) in [5.41, 5.74) is 1.18. The molecule has 0 unspecified atom stereocenters. The van der Waals surface area contributed by atoms with E-state index in [1.807, 2.05) is 13.8 Å². The molecule has 0 spiro atoms. The average molecular weight is 270 g/mol. The van der Waals surface area contributed by atoms with Crippen molar-refractivity contribution in [2.75, 3.05) is 11.0 Å². The zero-order valence-electron chi connectivity index (χ0n) is 10.8. The Morgan fingerprint density at radius 3 is 2.61 bits per heavy atom. The molecule has 1 aromatic rings. The summed E-state index contributed by atoms with van der Waals surface area (Å²) in [7, 11) is -3.34. The topological polar surface area (TPSA) is 68.3 Å². The largest absolute Gasteiger partial charge is 0.488 e. The number of pyridine rings is 1. The molecule has 0 aliphatic heterocycles. The van der Waals surface area contributed by atoms with E-state index in [1.54, 1.807) is 12.3 Å². The predicted molar refractivity (Wildman–Crippen MR) is 70.4 cm³/mol. The number of anilines is 1. The highest BCUT2D eigenvalue weighted by molar-refractivity contribution is 7.92. The third kappa shape index (κ3) is 3.35. The molecule has 6 heteroatoms. The minimum atomic E-state index is -3.34. The van der Waals surface area contributed by atoms with Gasteiger partial charge in [0.05, 0.1) is 18.1 Å². The molecule has 1 saturated carbocycles. The van der Waals surface area contributed by atoms with Gasteiger partial charge in [0.1, 0.15) is 11.4 Å². The summed E-state index contributed by atoms with van der Waals surface area (Å²) in [5.74, 6) is 0.693. The summed E-state index contributed by atoms with van der Waals surface area (Å²) in [6, 6.07) is 1.71. The van der Waals surface area contributed by atoms with Gasteiger partial charge in [-0.05, 0) is 18.8 Å². The Hall–Kier alpha value is -1.30. The van der Waals surface area contributed by atoms with Crippen molar-refractivity contribution in [1.82, 2.24) is 4.98 Å². The van der Waals surface area contributed by atoms with Gasteiger partial charge < -0.3 is 4.74 Å². The van der Waals surface area contributed by atoms with Gasteiger partial charge in [0.2, 0.25) is 10.0 Å². The lowest BCUT2D eigenvalue weighted by Gasteiger charge is -2.17. The third-order valence-electron chi connectivity index (χ3n) is 2.59. The summed E-state index contributed by atoms with van der Waals surface area (Å²) in [5, 5.41) is 0. The van der Waals surface area contributed by atoms with Crippen LogP contribution in [0.3, 0.4) is 0 Å². The van der Waals surface area contributed by atoms with Crippen LogP contribution in [0.4, 0.5) is 5.69 Å². The second-order valence-corrected chi connectivity index (χ2v) is 6.66. The second kappa shape index (κ2) is 4.76. The molecule has 5 nitrogen and oxygen atoms in total. The van der Waals surface area contributed by atoms with E-state index in [1.165, 1.54) is 0 Å². The quantitative estimate of drug-likeness (QED) is 0.889. The SMILES string of the molecule is CC(C)c1nccc(OC2CC2)c1NS(C)(=O)=O. The molecule has 1 N–H and O–H groups in total. The van der Waals surface area contributed by atoms with E-state index in [9.17, 15) is 8.42 Å². The van der Waals surface area contributed by atoms with Gasteiger partial charge >= 0.3 is 0 Å². The van der Waals surface area contributed by atoms with Gasteiger partial charge in [-0.1, -0.05) is 13.8 Å². The molecule has 0 saturated heterocycles. The highest BCUT2D eigenvalue weighted by Gasteiger charge is 2.26. The van der Waals surface area contributed by atoms with Crippen LogP contribution >= 0.6 is 0 Å². The molecule has 1 heterocycles. The average Bonchev–Trinajstić information content (AvgIpc) is 3.02. The maximum Gasteiger partial charge on any atom is 0.229 e. The van der Waals surface area contributed by atoms with E-state index >= 15 is 0 Å². The van der Waals surface area contributed by atoms with Gasteiger partial charge in [-0.2, -0.15) is 0 Å². The molecule has 1 fully saturated rings. The molecule has 0 atom stereocenters. The number of hydrogen-bond donors (Lipinski definition) is 1. The van der Waals surface area contributed by atoms with Crippen LogP contribution in [-0.2, 0) is 10.0 Å². The Balaban J connectivity index is 2.40. The Morgan fingerprint density at radius 1 is 1.44 bits per heavy atom. The molecule has 18 heavy (non-hydrogen) atoms. The summed E-state index contributed by atoms with van der Waals surface area (Å²) >= 11 is 0. The van der Waals surface area contributed by atoms with Crippen LogP contribution in [0, 0.1) is 0 Å². The van der Waals surface area contributed by atoms with Crippen LogP contribution < -0.4 is 9.46 Å². The lowest BCUT2D eigenvalue weighted by atomic mass is 10.1. The van der Waals surface area contributed by atoms with Crippen LogP contribution in [0.2, 0.25) is 0 Å². The van der Waals surface area contributed by atoms with Gasteiger partial charge in [0.15, 0.2) is 0 Å². The molecule has 0 amide bonds. The monoisotopic (exact) mass is 270 g/mol. The van der Waals surface area contributed by atoms with E-state index < -0.39 is 10.0 Å². The number of nitrogens with zero attached hydrogens (tertiary/aromatic N) is 1. The Bertz CT molecular complexity index is 536. The number of sulfonamides is 1. The van der Waals surface area contributed by atoms with E-state index in [-0.39, 0.29) is 12.0 Å². The van der Waals surface area contributed by atoms with E-state index in [2.05, 4.69) is 9.71 Å². The molecule has 0 bridgehead atoms. The van der Waals surface area contributed by atoms with Gasteiger partial charge in [0.25, 0.3) is 0 Å². The smallest absolute Gasteiger partial charge is 0.229 e. The zero-order chi connectivity index (χ0) is 13.3. The lowest BCUT2D eigenvalue weighted by molar-refractivity contribution is 0.304. The van der Waals surface area contributed by atoms with Crippen LogP contribution in [0.5, 0.6) is 5.75 Å². The number of hydrogen-bond acceptors (Lipinski definition) is 4. The van der Waals surface area contributed by atoms with Crippen molar-refractivity contribution in [3.8, 4) is 5.75 Å². The summed E-state index contributed by atoms with van der Waals surface area (Å²) in [4.78, 5) is 4.24. The van der Waals surface area contributed by atoms with Gasteiger partial charge in [-0.3, -0.25) is 9.71 Å². The van der Waals surface area contributed by atoms with Crippen LogP contribution in [0.15, 0.2) is 12.3 Å². The van der Waals surface area contributed by atoms with Crippen molar-refractivity contribution in [3.05, 3.63) is 18.0 Å². The highest BCUT2D eigenvalue weighted by Crippen LogP contribution is 2.36. The standard InChI is InChI=1S/C12H18N2O3S/c1-8(2)11-12(14-18(3,15)16)10(6-7-13-11)17-9-4-5-9/h6-9,14H,4-5H2,1-3H3. The molecular weight excluding hydrogens is 252 g/mol. The molecule has 1 aliphatic rings. The van der Waals surface area contributed by atoms with Crippen molar-refractivity contribution in [2.24, 2.45) is 0 Å². The molecule has 0 radical (unpaired) electrons. The predicted octanol–water partition coefficient (Wildman–Crippen LogP) is 2.12. The molecular formula is C12H18N2O3S. The van der Waals surface area contributed by atoms with Crippen molar-refractivity contribution in [3.63, 3.8) is 0 Å². The summed E-state index contributed by atoms with van der Waals surface area (Å²) in [6.07, 6.45) is 5.05. The second-order valence-electron chi connectivity index (χ2n) is 4.92. The van der Waals surface area contributed by atoms with E-state index in [0.717, 1.165) is 19.1 Å². The van der Waals surface area contributed by atoms with Gasteiger partial charge in [-0.15, -0.1) is 0 Å². The number of aromatic nitrogens is 1. The maximum atomic E-state index is 11.4. The molecule has 0 aromatic carbocycles. The molecule has 100 valence electrons. The minimum Gasteiger partial charge on any atom is -0.488 e. The normalized spacial score (nSPS) is 15.8. The maximum absolute atomic E-state index is 11.4. The fourth-order valence-corrected chi connectivity index (χ4v) is 2.22. The number of rotatable bonds is 5. The van der Waals surface area contributed by atoms with Crippen LogP contribution in [0.1, 0.15) is 38.3 Å². The molecule has 2 rings (SSSR count). The summed E-state index contributed by atoms with van der Waals surface area (Å²) in [6.45, 7) is 3.94. The first-order valence-electron chi connectivity index (χ1n) is 6.00. The number of nitrogens with one attached hydrogen (secondary N) is 1. The third-order valence-corrected chi connectivity index (χ3v) is 3.17. The first-order valence-corrected chi connectivity index (χ1v) is 7.89. The van der Waals surface area contributed by atoms with Crippen molar-refractivity contribution < 1.29 is 13.2 Å². The number of ether oxygens (including phenoxy) is 1. The van der Waals surface area contributed by atoms with Crippen molar-refractivity contribution in [1.29, 1.82) is 0 Å². The van der Waals surface area contributed by atoms with Crippen molar-refractivity contribution in [2.45, 2.75) is 38.7 Å². The first-order chi connectivity index (χ1) is 8.37. The van der Waals surface area contributed by atoms with Crippen molar-refractivity contribution >= 4 is 15.7 Å².